The average Bonchev–Trinajstić information content (AvgIpc) is 2.69. The molecule has 0 bridgehead atoms. The molecule has 1 fully saturated rings. The minimum atomic E-state index is -0.0300. The predicted molar refractivity (Wildman–Crippen MR) is 116 cm³/mol. The SMILES string of the molecule is CC[C@@H](C)n1c(SCC(=O)N[C@H]2CCC[C@H](C)[C@@H]2C)nc2ccccc2c1=O. The van der Waals surface area contributed by atoms with E-state index >= 15 is 0 Å². The third kappa shape index (κ3) is 4.43. The Bertz CT molecular complexity index is 895. The number of carbonyl (C=O) groups is 1. The minimum Gasteiger partial charge on any atom is -0.352 e. The van der Waals surface area contributed by atoms with Crippen molar-refractivity contribution in [2.45, 2.75) is 70.6 Å². The van der Waals surface area contributed by atoms with Crippen molar-refractivity contribution >= 4 is 28.6 Å². The van der Waals surface area contributed by atoms with Crippen LogP contribution in [0.3, 0.4) is 0 Å². The smallest absolute Gasteiger partial charge is 0.262 e. The van der Waals surface area contributed by atoms with Crippen LogP contribution >= 0.6 is 11.8 Å². The first kappa shape index (κ1) is 20.9. The molecular weight excluding hydrogens is 370 g/mol. The summed E-state index contributed by atoms with van der Waals surface area (Å²) in [5, 5.41) is 4.46. The van der Waals surface area contributed by atoms with E-state index in [2.05, 4.69) is 26.1 Å². The summed E-state index contributed by atoms with van der Waals surface area (Å²) in [6.45, 7) is 8.57. The molecule has 0 unspecified atom stereocenters. The van der Waals surface area contributed by atoms with Gasteiger partial charge in [-0.3, -0.25) is 14.2 Å². The molecular formula is C22H31N3O2S. The molecule has 1 aromatic carbocycles. The summed E-state index contributed by atoms with van der Waals surface area (Å²) < 4.78 is 1.74. The van der Waals surface area contributed by atoms with Gasteiger partial charge in [-0.1, -0.05) is 57.5 Å². The topological polar surface area (TPSA) is 64.0 Å². The largest absolute Gasteiger partial charge is 0.352 e. The lowest BCUT2D eigenvalue weighted by atomic mass is 9.78. The molecule has 0 radical (unpaired) electrons. The number of nitrogens with one attached hydrogen (secondary N) is 1. The second-order valence-corrected chi connectivity index (χ2v) is 9.02. The first-order chi connectivity index (χ1) is 13.4. The van der Waals surface area contributed by atoms with Crippen molar-refractivity contribution in [1.29, 1.82) is 0 Å². The molecule has 4 atom stereocenters. The molecule has 1 saturated carbocycles. The van der Waals surface area contributed by atoms with Crippen LogP contribution in [0.15, 0.2) is 34.2 Å². The fourth-order valence-electron chi connectivity index (χ4n) is 3.96. The van der Waals surface area contributed by atoms with Crippen molar-refractivity contribution in [1.82, 2.24) is 14.9 Å². The highest BCUT2D eigenvalue weighted by Crippen LogP contribution is 2.29. The summed E-state index contributed by atoms with van der Waals surface area (Å²) in [7, 11) is 0. The number of nitrogens with zero attached hydrogens (tertiary/aromatic N) is 2. The second-order valence-electron chi connectivity index (χ2n) is 8.07. The van der Waals surface area contributed by atoms with Crippen LogP contribution in [-0.4, -0.2) is 27.3 Å². The van der Waals surface area contributed by atoms with E-state index in [0.29, 0.717) is 27.9 Å². The maximum Gasteiger partial charge on any atom is 0.262 e. The number of carbonyl (C=O) groups excluding carboxylic acids is 1. The van der Waals surface area contributed by atoms with Gasteiger partial charge in [-0.05, 0) is 43.7 Å². The van der Waals surface area contributed by atoms with Gasteiger partial charge >= 0.3 is 0 Å². The number of hydrogen-bond donors (Lipinski definition) is 1. The number of fused-ring (bicyclic) bond motifs is 1. The van der Waals surface area contributed by atoms with Gasteiger partial charge < -0.3 is 5.32 Å². The van der Waals surface area contributed by atoms with Gasteiger partial charge in [0.25, 0.3) is 5.56 Å². The van der Waals surface area contributed by atoms with E-state index in [9.17, 15) is 9.59 Å². The minimum absolute atomic E-state index is 0.0223. The van der Waals surface area contributed by atoms with Crippen LogP contribution in [-0.2, 0) is 4.79 Å². The lowest BCUT2D eigenvalue weighted by Gasteiger charge is -2.34. The van der Waals surface area contributed by atoms with Crippen LogP contribution in [0.1, 0.15) is 59.4 Å². The van der Waals surface area contributed by atoms with E-state index in [1.807, 2.05) is 31.2 Å². The van der Waals surface area contributed by atoms with Gasteiger partial charge in [0.2, 0.25) is 5.91 Å². The fraction of sp³-hybridized carbons (Fsp3) is 0.591. The molecule has 6 heteroatoms. The summed E-state index contributed by atoms with van der Waals surface area (Å²) in [6, 6.07) is 7.70. The van der Waals surface area contributed by atoms with E-state index < -0.39 is 0 Å². The number of hydrogen-bond acceptors (Lipinski definition) is 4. The molecule has 1 aliphatic rings. The molecule has 1 amide bonds. The Morgan fingerprint density at radius 2 is 2.07 bits per heavy atom. The van der Waals surface area contributed by atoms with E-state index in [-0.39, 0.29) is 29.3 Å². The number of benzene rings is 1. The average molecular weight is 402 g/mol. The maximum atomic E-state index is 13.0. The normalized spacial score (nSPS) is 23.5. The Kier molecular flexibility index (Phi) is 6.81. The van der Waals surface area contributed by atoms with E-state index in [1.165, 1.54) is 24.6 Å². The Labute approximate surface area is 171 Å². The molecule has 1 aromatic heterocycles. The van der Waals surface area contributed by atoms with Crippen LogP contribution in [0.2, 0.25) is 0 Å². The summed E-state index contributed by atoms with van der Waals surface area (Å²) in [6.07, 6.45) is 4.29. The standard InChI is InChI=1S/C22H31N3O2S/c1-5-15(3)25-21(27)17-10-6-7-11-19(17)24-22(25)28-13-20(26)23-18-12-8-9-14(2)16(18)4/h6-7,10-11,14-16,18H,5,8-9,12-13H2,1-4H3,(H,23,26)/t14-,15+,16-,18-/m0/s1. The monoisotopic (exact) mass is 401 g/mol. The lowest BCUT2D eigenvalue weighted by molar-refractivity contribution is -0.120. The van der Waals surface area contributed by atoms with Crippen LogP contribution < -0.4 is 10.9 Å². The lowest BCUT2D eigenvalue weighted by Crippen LogP contribution is -2.44. The summed E-state index contributed by atoms with van der Waals surface area (Å²) in [5.74, 6) is 1.44. The highest BCUT2D eigenvalue weighted by molar-refractivity contribution is 7.99. The zero-order valence-corrected chi connectivity index (χ0v) is 18.1. The highest BCUT2D eigenvalue weighted by Gasteiger charge is 2.28. The molecule has 3 rings (SSSR count). The zero-order valence-electron chi connectivity index (χ0n) is 17.3. The van der Waals surface area contributed by atoms with E-state index in [0.717, 1.165) is 12.8 Å². The number of amides is 1. The molecule has 2 aromatic rings. The van der Waals surface area contributed by atoms with Crippen LogP contribution in [0.5, 0.6) is 0 Å². The third-order valence-electron chi connectivity index (χ3n) is 6.19. The molecule has 1 aliphatic carbocycles. The Hall–Kier alpha value is -1.82. The Morgan fingerprint density at radius 3 is 2.82 bits per heavy atom. The molecule has 1 N–H and O–H groups in total. The first-order valence-corrected chi connectivity index (χ1v) is 11.3. The first-order valence-electron chi connectivity index (χ1n) is 10.4. The maximum absolute atomic E-state index is 13.0. The van der Waals surface area contributed by atoms with Gasteiger partial charge in [0.15, 0.2) is 5.16 Å². The Morgan fingerprint density at radius 1 is 1.32 bits per heavy atom. The van der Waals surface area contributed by atoms with E-state index in [1.54, 1.807) is 4.57 Å². The molecule has 0 spiro atoms. The summed E-state index contributed by atoms with van der Waals surface area (Å²) in [5.41, 5.74) is 0.655. The highest BCUT2D eigenvalue weighted by atomic mass is 32.2. The van der Waals surface area contributed by atoms with Gasteiger partial charge in [0, 0.05) is 12.1 Å². The number of aromatic nitrogens is 2. The third-order valence-corrected chi connectivity index (χ3v) is 7.15. The van der Waals surface area contributed by atoms with Gasteiger partial charge in [-0.25, -0.2) is 4.98 Å². The van der Waals surface area contributed by atoms with E-state index in [4.69, 9.17) is 4.98 Å². The number of thioether (sulfide) groups is 1. The molecule has 1 heterocycles. The fourth-order valence-corrected chi connectivity index (χ4v) is 4.87. The van der Waals surface area contributed by atoms with Crippen molar-refractivity contribution < 1.29 is 4.79 Å². The van der Waals surface area contributed by atoms with Gasteiger partial charge in [0.05, 0.1) is 16.7 Å². The Balaban J connectivity index is 1.78. The second kappa shape index (κ2) is 9.12. The van der Waals surface area contributed by atoms with Crippen LogP contribution in [0, 0.1) is 11.8 Å². The summed E-state index contributed by atoms with van der Waals surface area (Å²) in [4.78, 5) is 30.3. The molecule has 152 valence electrons. The number of rotatable bonds is 6. The predicted octanol–water partition coefficient (Wildman–Crippen LogP) is 4.40. The van der Waals surface area contributed by atoms with Crippen molar-refractivity contribution in [3.8, 4) is 0 Å². The van der Waals surface area contributed by atoms with Gasteiger partial charge in [-0.15, -0.1) is 0 Å². The molecule has 28 heavy (non-hydrogen) atoms. The zero-order chi connectivity index (χ0) is 20.3. The molecule has 5 nitrogen and oxygen atoms in total. The van der Waals surface area contributed by atoms with Crippen molar-refractivity contribution in [2.24, 2.45) is 11.8 Å². The number of para-hydroxylation sites is 1. The van der Waals surface area contributed by atoms with Crippen molar-refractivity contribution in [3.05, 3.63) is 34.6 Å². The quantitative estimate of drug-likeness (QED) is 0.576. The summed E-state index contributed by atoms with van der Waals surface area (Å²) >= 11 is 1.36. The van der Waals surface area contributed by atoms with Crippen LogP contribution in [0.25, 0.3) is 10.9 Å². The van der Waals surface area contributed by atoms with Gasteiger partial charge in [-0.2, -0.15) is 0 Å². The molecule has 0 aliphatic heterocycles. The van der Waals surface area contributed by atoms with Crippen LogP contribution in [0.4, 0.5) is 0 Å². The molecule has 0 saturated heterocycles. The van der Waals surface area contributed by atoms with Gasteiger partial charge in [0.1, 0.15) is 0 Å². The van der Waals surface area contributed by atoms with Crippen molar-refractivity contribution in [2.75, 3.05) is 5.75 Å². The van der Waals surface area contributed by atoms with Crippen molar-refractivity contribution in [3.63, 3.8) is 0 Å².